The van der Waals surface area contributed by atoms with Gasteiger partial charge in [0.2, 0.25) is 0 Å². The van der Waals surface area contributed by atoms with Crippen LogP contribution in [0.5, 0.6) is 5.75 Å². The van der Waals surface area contributed by atoms with Crippen molar-refractivity contribution < 1.29 is 9.53 Å². The molecule has 9 nitrogen and oxygen atoms in total. The van der Waals surface area contributed by atoms with E-state index in [1.807, 2.05) is 30.0 Å². The van der Waals surface area contributed by atoms with Gasteiger partial charge in [-0.05, 0) is 68.0 Å². The van der Waals surface area contributed by atoms with E-state index >= 15 is 0 Å². The number of benzene rings is 2. The van der Waals surface area contributed by atoms with Gasteiger partial charge in [-0.1, -0.05) is 29.2 Å². The van der Waals surface area contributed by atoms with Gasteiger partial charge < -0.3 is 19.9 Å². The Labute approximate surface area is 204 Å². The lowest BCUT2D eigenvalue weighted by atomic mass is 9.89. The normalized spacial score (nSPS) is 17.4. The van der Waals surface area contributed by atoms with E-state index in [0.717, 1.165) is 49.1 Å². The van der Waals surface area contributed by atoms with Crippen LogP contribution in [0.15, 0.2) is 47.6 Å². The van der Waals surface area contributed by atoms with Crippen LogP contribution in [0.25, 0.3) is 21.5 Å². The summed E-state index contributed by atoms with van der Waals surface area (Å²) in [5.74, 6) is 3.44. The van der Waals surface area contributed by atoms with Crippen molar-refractivity contribution in [3.63, 3.8) is 0 Å². The minimum Gasteiger partial charge on any atom is -0.481 e. The van der Waals surface area contributed by atoms with E-state index < -0.39 is 0 Å². The van der Waals surface area contributed by atoms with Crippen molar-refractivity contribution in [3.05, 3.63) is 64.3 Å². The molecule has 1 aliphatic rings. The largest absolute Gasteiger partial charge is 0.481 e. The molecule has 1 amide bonds. The van der Waals surface area contributed by atoms with E-state index in [1.54, 1.807) is 18.2 Å². The maximum atomic E-state index is 13.4. The van der Waals surface area contributed by atoms with Crippen LogP contribution in [-0.4, -0.2) is 46.0 Å². The Morgan fingerprint density at radius 3 is 3.06 bits per heavy atom. The second-order valence-electron chi connectivity index (χ2n) is 8.61. The third kappa shape index (κ3) is 5.93. The molecule has 0 saturated heterocycles. The molecule has 0 unspecified atom stereocenters. The summed E-state index contributed by atoms with van der Waals surface area (Å²) < 4.78 is 5.52. The zero-order chi connectivity index (χ0) is 24.6. The van der Waals surface area contributed by atoms with Gasteiger partial charge in [-0.25, -0.2) is 4.98 Å². The molecule has 1 saturated carbocycles. The molecule has 4 rings (SSSR count). The molecule has 2 N–H and O–H groups in total. The molecule has 180 valence electrons. The molecule has 0 aliphatic heterocycles. The van der Waals surface area contributed by atoms with Gasteiger partial charge in [0.15, 0.2) is 5.82 Å². The van der Waals surface area contributed by atoms with Crippen molar-refractivity contribution in [2.24, 2.45) is 5.11 Å². The summed E-state index contributed by atoms with van der Waals surface area (Å²) in [5, 5.41) is 7.26. The number of terminal acetylenes is 1. The quantitative estimate of drug-likeness (QED) is 0.196. The SMILES string of the molecule is C#CCOc1cccc(CN[C@@H]2CCC[C@H](N(CC)C(=O)c3nc4cc(N=[N+]=[N-])ccc4[nH]3)C2)c1. The van der Waals surface area contributed by atoms with Crippen molar-refractivity contribution in [1.82, 2.24) is 20.2 Å². The number of carbonyl (C=O) groups excluding carboxylic acids is 1. The van der Waals surface area contributed by atoms with Crippen LogP contribution in [-0.2, 0) is 6.54 Å². The zero-order valence-corrected chi connectivity index (χ0v) is 19.8. The Balaban J connectivity index is 1.40. The van der Waals surface area contributed by atoms with Crippen LogP contribution in [0.3, 0.4) is 0 Å². The smallest absolute Gasteiger partial charge is 0.289 e. The number of rotatable bonds is 9. The highest BCUT2D eigenvalue weighted by molar-refractivity contribution is 5.94. The van der Waals surface area contributed by atoms with Crippen molar-refractivity contribution in [3.8, 4) is 18.1 Å². The molecule has 1 heterocycles. The Bertz CT molecular complexity index is 1270. The second kappa shape index (κ2) is 11.4. The molecule has 3 aromatic rings. The van der Waals surface area contributed by atoms with Gasteiger partial charge in [-0.3, -0.25) is 4.79 Å². The monoisotopic (exact) mass is 471 g/mol. The van der Waals surface area contributed by atoms with Gasteiger partial charge in [0.1, 0.15) is 12.4 Å². The highest BCUT2D eigenvalue weighted by atomic mass is 16.5. The third-order valence-electron chi connectivity index (χ3n) is 6.33. The van der Waals surface area contributed by atoms with E-state index in [4.69, 9.17) is 16.7 Å². The predicted molar refractivity (Wildman–Crippen MR) is 135 cm³/mol. The fourth-order valence-electron chi connectivity index (χ4n) is 4.68. The van der Waals surface area contributed by atoms with E-state index in [1.165, 1.54) is 0 Å². The number of hydrogen-bond donors (Lipinski definition) is 2. The van der Waals surface area contributed by atoms with Crippen LogP contribution in [0.2, 0.25) is 0 Å². The minimum atomic E-state index is -0.113. The van der Waals surface area contributed by atoms with Crippen LogP contribution in [0.1, 0.15) is 48.8 Å². The number of imidazole rings is 1. The Kier molecular flexibility index (Phi) is 7.88. The molecular weight excluding hydrogens is 442 g/mol. The average molecular weight is 472 g/mol. The number of ether oxygens (including phenoxy) is 1. The van der Waals surface area contributed by atoms with Gasteiger partial charge in [0.05, 0.1) is 11.0 Å². The fourth-order valence-corrected chi connectivity index (χ4v) is 4.68. The maximum Gasteiger partial charge on any atom is 0.289 e. The lowest BCUT2D eigenvalue weighted by molar-refractivity contribution is 0.0617. The minimum absolute atomic E-state index is 0.113. The van der Waals surface area contributed by atoms with Gasteiger partial charge in [-0.15, -0.1) is 6.42 Å². The summed E-state index contributed by atoms with van der Waals surface area (Å²) in [4.78, 5) is 25.7. The summed E-state index contributed by atoms with van der Waals surface area (Å²) in [7, 11) is 0. The highest BCUT2D eigenvalue weighted by Crippen LogP contribution is 2.26. The Hall–Kier alpha value is -3.99. The number of hydrogen-bond acceptors (Lipinski definition) is 5. The number of aromatic amines is 1. The standard InChI is InChI=1S/C26H29N7O2/c1-3-13-35-22-10-5-7-18(14-22)17-28-19-8-6-9-21(15-19)33(4-2)26(34)25-29-23-12-11-20(31-32-27)16-24(23)30-25/h1,5,7,10-12,14,16,19,21,28H,4,6,8-9,13,15,17H2,2H3,(H,29,30)/t19-,21+/m1/s1. The number of nitrogens with zero attached hydrogens (tertiary/aromatic N) is 5. The highest BCUT2D eigenvalue weighted by Gasteiger charge is 2.30. The molecule has 0 bridgehead atoms. The molecule has 0 radical (unpaired) electrons. The number of carbonyl (C=O) groups is 1. The van der Waals surface area contributed by atoms with Crippen LogP contribution < -0.4 is 10.1 Å². The average Bonchev–Trinajstić information content (AvgIpc) is 3.31. The fraction of sp³-hybridized carbons (Fsp3) is 0.385. The van der Waals surface area contributed by atoms with Crippen molar-refractivity contribution in [2.45, 2.75) is 51.2 Å². The molecule has 1 aromatic heterocycles. The second-order valence-corrected chi connectivity index (χ2v) is 8.61. The summed E-state index contributed by atoms with van der Waals surface area (Å²) >= 11 is 0. The molecule has 0 spiro atoms. The summed E-state index contributed by atoms with van der Waals surface area (Å²) in [6.45, 7) is 3.58. The van der Waals surface area contributed by atoms with E-state index in [-0.39, 0.29) is 18.6 Å². The number of aromatic nitrogens is 2. The molecule has 1 fully saturated rings. The summed E-state index contributed by atoms with van der Waals surface area (Å²) in [6, 6.07) is 13.5. The first-order chi connectivity index (χ1) is 17.1. The van der Waals surface area contributed by atoms with E-state index in [0.29, 0.717) is 29.6 Å². The van der Waals surface area contributed by atoms with Crippen molar-refractivity contribution in [2.75, 3.05) is 13.2 Å². The van der Waals surface area contributed by atoms with Crippen LogP contribution in [0, 0.1) is 12.3 Å². The zero-order valence-electron chi connectivity index (χ0n) is 19.8. The van der Waals surface area contributed by atoms with Gasteiger partial charge >= 0.3 is 0 Å². The third-order valence-corrected chi connectivity index (χ3v) is 6.33. The molecule has 9 heteroatoms. The first-order valence-electron chi connectivity index (χ1n) is 11.9. The first kappa shape index (κ1) is 24.1. The number of azide groups is 1. The summed E-state index contributed by atoms with van der Waals surface area (Å²) in [5.41, 5.74) is 11.6. The van der Waals surface area contributed by atoms with Gasteiger partial charge in [0.25, 0.3) is 5.91 Å². The predicted octanol–water partition coefficient (Wildman–Crippen LogP) is 5.08. The topological polar surface area (TPSA) is 119 Å². The number of H-pyrrole nitrogens is 1. The molecule has 35 heavy (non-hydrogen) atoms. The van der Waals surface area contributed by atoms with Gasteiger partial charge in [-0.2, -0.15) is 0 Å². The lowest BCUT2D eigenvalue weighted by Gasteiger charge is -2.37. The molecule has 2 atom stereocenters. The molecular formula is C26H29N7O2. The van der Waals surface area contributed by atoms with Gasteiger partial charge in [0, 0.05) is 35.8 Å². The molecule has 1 aliphatic carbocycles. The maximum absolute atomic E-state index is 13.4. The Morgan fingerprint density at radius 2 is 2.26 bits per heavy atom. The van der Waals surface area contributed by atoms with E-state index in [2.05, 4.69) is 37.3 Å². The number of nitrogens with one attached hydrogen (secondary N) is 2. The van der Waals surface area contributed by atoms with E-state index in [9.17, 15) is 4.79 Å². The Morgan fingerprint density at radius 1 is 1.37 bits per heavy atom. The van der Waals surface area contributed by atoms with Crippen molar-refractivity contribution >= 4 is 22.6 Å². The molecule has 2 aromatic carbocycles. The summed E-state index contributed by atoms with van der Waals surface area (Å²) in [6.07, 6.45) is 9.25. The van der Waals surface area contributed by atoms with Crippen molar-refractivity contribution in [1.29, 1.82) is 0 Å². The number of fused-ring (bicyclic) bond motifs is 1. The van der Waals surface area contributed by atoms with Crippen LogP contribution in [0.4, 0.5) is 5.69 Å². The van der Waals surface area contributed by atoms with Crippen LogP contribution >= 0.6 is 0 Å². The number of amides is 1. The lowest BCUT2D eigenvalue weighted by Crippen LogP contribution is -2.47. The first-order valence-corrected chi connectivity index (χ1v) is 11.9.